The molecule has 2 aromatic carbocycles. The molecule has 3 aromatic heterocycles. The highest BCUT2D eigenvalue weighted by Gasteiger charge is 2.45. The molecule has 332 valence electrons. The zero-order valence-electron chi connectivity index (χ0n) is 32.4. The third kappa shape index (κ3) is 9.46. The summed E-state index contributed by atoms with van der Waals surface area (Å²) >= 11 is 6.25. The molecule has 5 heterocycles. The molecule has 26 heteroatoms. The van der Waals surface area contributed by atoms with Gasteiger partial charge in [0.1, 0.15) is 28.7 Å². The van der Waals surface area contributed by atoms with E-state index < -0.39 is 32.0 Å². The van der Waals surface area contributed by atoms with Crippen LogP contribution in [0.3, 0.4) is 0 Å². The number of aromatic nitrogens is 6. The van der Waals surface area contributed by atoms with E-state index in [4.69, 9.17) is 24.1 Å². The smallest absolute Gasteiger partial charge is 0.411 e. The molecule has 62 heavy (non-hydrogen) atoms. The van der Waals surface area contributed by atoms with Gasteiger partial charge >= 0.3 is 5.76 Å². The van der Waals surface area contributed by atoms with Crippen molar-refractivity contribution in [3.05, 3.63) is 90.2 Å². The summed E-state index contributed by atoms with van der Waals surface area (Å²) in [6.07, 6.45) is 4.70. The average molecular weight is 1030 g/mol. The van der Waals surface area contributed by atoms with Gasteiger partial charge in [-0.3, -0.25) is 4.52 Å². The first-order chi connectivity index (χ1) is 29.4. The van der Waals surface area contributed by atoms with Crippen LogP contribution in [0.4, 0.5) is 8.78 Å². The number of oxime groups is 1. The first-order valence-electron chi connectivity index (χ1n) is 19.3. The zero-order chi connectivity index (χ0) is 44.1. The Bertz CT molecular complexity index is 2760. The normalized spacial score (nSPS) is 24.3. The van der Waals surface area contributed by atoms with Crippen LogP contribution in [0, 0.1) is 47.1 Å². The zero-order valence-corrected chi connectivity index (χ0v) is 37.2. The molecule has 2 aliphatic carbocycles. The standard InChI is InChI=1S/C18H18BrFN6O5S.C18H21BrFN5O4S/c19-13-6-12(1-2-14(13)20)26-17(24-30-18(26)27)16-15(22-31-23-16)5-9-3-10-7-25(32(21,28)29)8-11(10)4-9;19-14-5-10(1-2-15(14)20)6-16(22-26)18-17(23-29-24-18)7-11-3-12-8-25(30(21,27)28)9-13(12)4-11/h1-2,6,9-11H,3-5,7-8H2,(H2,21,28,29);1-2,5,11-13,26H,3-4,6-9H2,(H2,21,27,28). The van der Waals surface area contributed by atoms with Gasteiger partial charge in [-0.15, -0.1) is 0 Å². The lowest BCUT2D eigenvalue weighted by molar-refractivity contribution is 0.298. The number of nitrogens with zero attached hydrogens (tertiary/aromatic N) is 9. The second-order valence-corrected chi connectivity index (χ2v) is 20.9. The molecule has 4 fully saturated rings. The Hall–Kier alpha value is -4.31. The lowest BCUT2D eigenvalue weighted by Crippen LogP contribution is -2.35. The van der Waals surface area contributed by atoms with Crippen molar-refractivity contribution < 1.29 is 44.6 Å². The first-order valence-corrected chi connectivity index (χ1v) is 23.9. The number of hydrogen-bond donors (Lipinski definition) is 3. The van der Waals surface area contributed by atoms with E-state index in [0.717, 1.165) is 31.2 Å². The van der Waals surface area contributed by atoms with Crippen molar-refractivity contribution in [2.24, 2.45) is 50.9 Å². The molecule has 4 unspecified atom stereocenters. The highest BCUT2D eigenvalue weighted by Crippen LogP contribution is 2.45. The summed E-state index contributed by atoms with van der Waals surface area (Å²) in [6.45, 7) is 1.75. The van der Waals surface area contributed by atoms with Crippen molar-refractivity contribution in [2.45, 2.75) is 44.9 Å². The second kappa shape index (κ2) is 17.7. The fourth-order valence-electron chi connectivity index (χ4n) is 9.39. The van der Waals surface area contributed by atoms with Crippen LogP contribution in [0.1, 0.15) is 48.3 Å². The summed E-state index contributed by atoms with van der Waals surface area (Å²) in [6, 6.07) is 8.62. The fraction of sp³-hybridized carbons (Fsp3) is 0.472. The average Bonchev–Trinajstić information content (AvgIpc) is 4.06. The van der Waals surface area contributed by atoms with Gasteiger partial charge in [-0.1, -0.05) is 26.7 Å². The third-order valence-electron chi connectivity index (χ3n) is 12.2. The number of halogens is 4. The predicted molar refractivity (Wildman–Crippen MR) is 220 cm³/mol. The van der Waals surface area contributed by atoms with Gasteiger partial charge in [0, 0.05) is 32.6 Å². The van der Waals surface area contributed by atoms with Gasteiger partial charge in [0.2, 0.25) is 5.82 Å². The van der Waals surface area contributed by atoms with Crippen molar-refractivity contribution in [2.75, 3.05) is 26.2 Å². The summed E-state index contributed by atoms with van der Waals surface area (Å²) in [4.78, 5) is 12.3. The molecule has 20 nitrogen and oxygen atoms in total. The van der Waals surface area contributed by atoms with E-state index in [2.05, 4.69) is 62.8 Å². The fourth-order valence-corrected chi connectivity index (χ4v) is 11.8. The van der Waals surface area contributed by atoms with E-state index in [-0.39, 0.29) is 63.5 Å². The molecular formula is C36H39Br2F2N11O9S2. The van der Waals surface area contributed by atoms with E-state index in [1.54, 1.807) is 12.1 Å². The second-order valence-electron chi connectivity index (χ2n) is 16.1. The minimum absolute atomic E-state index is 0.100. The molecule has 0 radical (unpaired) electrons. The molecule has 2 saturated heterocycles. The Kier molecular flexibility index (Phi) is 12.6. The van der Waals surface area contributed by atoms with Crippen LogP contribution in [0.5, 0.6) is 0 Å². The van der Waals surface area contributed by atoms with Gasteiger partial charge in [0.15, 0.2) is 11.4 Å². The predicted octanol–water partition coefficient (Wildman–Crippen LogP) is 3.58. The Balaban J connectivity index is 0.000000171. The maximum Gasteiger partial charge on any atom is 0.446 e. The SMILES string of the molecule is NS(=O)(=O)N1CC2CC(Cc3nonc3-c3noc(=O)n3-c3ccc(F)c(Br)c3)CC2C1.NS(=O)(=O)N1CC2CC(Cc3nonc3C(Cc3ccc(F)c(Br)c3)=NO)CC2C1. The molecule has 0 bridgehead atoms. The Morgan fingerprint density at radius 1 is 0.758 bits per heavy atom. The van der Waals surface area contributed by atoms with Crippen LogP contribution < -0.4 is 16.0 Å². The van der Waals surface area contributed by atoms with Crippen molar-refractivity contribution in [3.8, 4) is 17.2 Å². The summed E-state index contributed by atoms with van der Waals surface area (Å²) in [7, 11) is -7.31. The summed E-state index contributed by atoms with van der Waals surface area (Å²) < 4.78 is 92.4. The lowest BCUT2D eigenvalue weighted by Gasteiger charge is -2.16. The molecule has 2 aliphatic heterocycles. The van der Waals surface area contributed by atoms with Crippen molar-refractivity contribution in [3.63, 3.8) is 0 Å². The Labute approximate surface area is 369 Å². The van der Waals surface area contributed by atoms with Gasteiger partial charge in [-0.2, -0.15) is 25.4 Å². The van der Waals surface area contributed by atoms with Crippen LogP contribution >= 0.6 is 31.9 Å². The number of rotatable bonds is 11. The lowest BCUT2D eigenvalue weighted by atomic mass is 9.96. The first kappa shape index (κ1) is 44.3. The topological polar surface area (TPSA) is 285 Å². The molecule has 4 aliphatic rings. The van der Waals surface area contributed by atoms with Crippen molar-refractivity contribution in [1.29, 1.82) is 0 Å². The van der Waals surface area contributed by atoms with E-state index in [9.17, 15) is 35.6 Å². The van der Waals surface area contributed by atoms with Crippen LogP contribution in [0.25, 0.3) is 17.2 Å². The third-order valence-corrected chi connectivity index (χ3v) is 15.4. The van der Waals surface area contributed by atoms with Crippen molar-refractivity contribution in [1.82, 2.24) is 39.0 Å². The van der Waals surface area contributed by atoms with Crippen LogP contribution in [-0.4, -0.2) is 92.9 Å². The van der Waals surface area contributed by atoms with Crippen LogP contribution in [0.2, 0.25) is 0 Å². The molecule has 0 amide bonds. The van der Waals surface area contributed by atoms with E-state index in [1.807, 2.05) is 0 Å². The molecule has 9 rings (SSSR count). The molecule has 2 saturated carbocycles. The maximum absolute atomic E-state index is 13.6. The van der Waals surface area contributed by atoms with Crippen LogP contribution in [0.15, 0.2) is 69.1 Å². The summed E-state index contributed by atoms with van der Waals surface area (Å²) in [5, 5.41) is 43.1. The van der Waals surface area contributed by atoms with E-state index in [1.165, 1.54) is 37.4 Å². The van der Waals surface area contributed by atoms with E-state index >= 15 is 0 Å². The highest BCUT2D eigenvalue weighted by molar-refractivity contribution is 9.10. The van der Waals surface area contributed by atoms with Gasteiger partial charge < -0.3 is 5.21 Å². The minimum Gasteiger partial charge on any atom is -0.411 e. The molecular weight excluding hydrogens is 992 g/mol. The van der Waals surface area contributed by atoms with Gasteiger partial charge in [0.05, 0.1) is 14.6 Å². The van der Waals surface area contributed by atoms with E-state index in [0.29, 0.717) is 72.2 Å². The largest absolute Gasteiger partial charge is 0.446 e. The van der Waals surface area contributed by atoms with Crippen LogP contribution in [-0.2, 0) is 39.7 Å². The molecule has 4 atom stereocenters. The quantitative estimate of drug-likeness (QED) is 0.0969. The highest BCUT2D eigenvalue weighted by atomic mass is 79.9. The summed E-state index contributed by atoms with van der Waals surface area (Å²) in [5.74, 6) is 0.0622. The minimum atomic E-state index is -3.67. The van der Waals surface area contributed by atoms with Crippen molar-refractivity contribution >= 4 is 58.0 Å². The number of fused-ring (bicyclic) bond motifs is 2. The summed E-state index contributed by atoms with van der Waals surface area (Å²) in [5.41, 5.74) is 3.11. The Morgan fingerprint density at radius 3 is 1.81 bits per heavy atom. The molecule has 5 N–H and O–H groups in total. The monoisotopic (exact) mass is 1030 g/mol. The number of nitrogens with two attached hydrogens (primary N) is 2. The maximum atomic E-state index is 13.6. The molecule has 0 spiro atoms. The number of hydrogen-bond acceptors (Lipinski definition) is 15. The van der Waals surface area contributed by atoms with Gasteiger partial charge in [-0.05, 0) is 152 Å². The molecule has 5 aromatic rings. The van der Waals surface area contributed by atoms with Gasteiger partial charge in [0.25, 0.3) is 20.4 Å². The van der Waals surface area contributed by atoms with Gasteiger partial charge in [-0.25, -0.2) is 37.7 Å². The Morgan fingerprint density at radius 2 is 1.27 bits per heavy atom. The number of benzene rings is 2.